The fourth-order valence-electron chi connectivity index (χ4n) is 1.81. The van der Waals surface area contributed by atoms with Crippen LogP contribution in [-0.4, -0.2) is 25.2 Å². The normalized spacial score (nSPS) is 10.7. The fourth-order valence-corrected chi connectivity index (χ4v) is 2.56. The first-order valence-electron chi connectivity index (χ1n) is 6.48. The van der Waals surface area contributed by atoms with E-state index < -0.39 is 4.92 Å². The molecule has 2 aromatic carbocycles. The van der Waals surface area contributed by atoms with Gasteiger partial charge < -0.3 is 4.90 Å². The van der Waals surface area contributed by atoms with Crippen molar-refractivity contribution < 1.29 is 4.92 Å². The Kier molecular flexibility index (Phi) is 5.11. The van der Waals surface area contributed by atoms with Gasteiger partial charge in [0.1, 0.15) is 0 Å². The van der Waals surface area contributed by atoms with Gasteiger partial charge >= 0.3 is 0 Å². The highest BCUT2D eigenvalue weighted by Gasteiger charge is 2.03. The molecule has 0 unspecified atom stereocenters. The van der Waals surface area contributed by atoms with Gasteiger partial charge in [0, 0.05) is 30.7 Å². The maximum Gasteiger partial charge on any atom is 0.269 e. The first-order valence-corrected chi connectivity index (χ1v) is 7.27. The van der Waals surface area contributed by atoms with Crippen LogP contribution >= 0.6 is 15.9 Å². The van der Waals surface area contributed by atoms with E-state index in [2.05, 4.69) is 26.5 Å². The molecule has 0 aliphatic heterocycles. The second-order valence-electron chi connectivity index (χ2n) is 4.78. The first kappa shape index (κ1) is 16.0. The van der Waals surface area contributed by atoms with Crippen LogP contribution in [-0.2, 0) is 0 Å². The van der Waals surface area contributed by atoms with Crippen LogP contribution in [0.25, 0.3) is 0 Å². The molecule has 2 aromatic rings. The zero-order chi connectivity index (χ0) is 16.1. The van der Waals surface area contributed by atoms with Gasteiger partial charge in [-0.1, -0.05) is 6.07 Å². The van der Waals surface area contributed by atoms with Crippen molar-refractivity contribution >= 4 is 39.2 Å². The minimum Gasteiger partial charge on any atom is -0.377 e. The Hall–Kier alpha value is -2.41. The molecule has 0 aromatic heterocycles. The number of nitro benzene ring substituents is 1. The molecule has 1 N–H and O–H groups in total. The monoisotopic (exact) mass is 362 g/mol. The SMILES string of the molecule is CN(C)c1ccc(C=NNc2ccc([N+](=O)[O-])cc2)cc1Br. The lowest BCUT2D eigenvalue weighted by molar-refractivity contribution is -0.384. The molecular formula is C15H15BrN4O2. The minimum absolute atomic E-state index is 0.0535. The van der Waals surface area contributed by atoms with E-state index in [1.807, 2.05) is 37.2 Å². The Morgan fingerprint density at radius 1 is 1.23 bits per heavy atom. The quantitative estimate of drug-likeness (QED) is 0.497. The minimum atomic E-state index is -0.434. The van der Waals surface area contributed by atoms with Crippen LogP contribution < -0.4 is 10.3 Å². The summed E-state index contributed by atoms with van der Waals surface area (Å²) in [5, 5.41) is 14.7. The van der Waals surface area contributed by atoms with Gasteiger partial charge in [0.25, 0.3) is 5.69 Å². The maximum absolute atomic E-state index is 10.6. The van der Waals surface area contributed by atoms with Crippen LogP contribution in [0.4, 0.5) is 17.1 Å². The van der Waals surface area contributed by atoms with E-state index in [9.17, 15) is 10.1 Å². The number of rotatable bonds is 5. The van der Waals surface area contributed by atoms with Crippen molar-refractivity contribution in [2.45, 2.75) is 0 Å². The number of hydrogen-bond donors (Lipinski definition) is 1. The van der Waals surface area contributed by atoms with Gasteiger partial charge in [-0.3, -0.25) is 15.5 Å². The molecule has 0 radical (unpaired) electrons. The molecule has 0 bridgehead atoms. The Balaban J connectivity index is 2.03. The van der Waals surface area contributed by atoms with Gasteiger partial charge in [-0.2, -0.15) is 5.10 Å². The molecule has 7 heteroatoms. The summed E-state index contributed by atoms with van der Waals surface area (Å²) in [7, 11) is 3.95. The molecular weight excluding hydrogens is 348 g/mol. The topological polar surface area (TPSA) is 70.8 Å². The number of halogens is 1. The van der Waals surface area contributed by atoms with Crippen molar-refractivity contribution in [3.05, 3.63) is 62.6 Å². The number of nitrogens with zero attached hydrogens (tertiary/aromatic N) is 3. The van der Waals surface area contributed by atoms with E-state index >= 15 is 0 Å². The number of nitro groups is 1. The van der Waals surface area contributed by atoms with Crippen molar-refractivity contribution in [1.82, 2.24) is 0 Å². The van der Waals surface area contributed by atoms with Crippen molar-refractivity contribution in [3.63, 3.8) is 0 Å². The summed E-state index contributed by atoms with van der Waals surface area (Å²) in [5.41, 5.74) is 5.60. The van der Waals surface area contributed by atoms with Gasteiger partial charge in [-0.05, 0) is 45.8 Å². The molecule has 0 amide bonds. The highest BCUT2D eigenvalue weighted by atomic mass is 79.9. The summed E-state index contributed by atoms with van der Waals surface area (Å²) in [5.74, 6) is 0. The van der Waals surface area contributed by atoms with Gasteiger partial charge in [0.05, 0.1) is 22.5 Å². The number of benzene rings is 2. The molecule has 114 valence electrons. The molecule has 0 aliphatic carbocycles. The number of non-ortho nitro benzene ring substituents is 1. The van der Waals surface area contributed by atoms with E-state index in [1.165, 1.54) is 12.1 Å². The number of anilines is 2. The molecule has 0 atom stereocenters. The highest BCUT2D eigenvalue weighted by molar-refractivity contribution is 9.10. The van der Waals surface area contributed by atoms with Gasteiger partial charge in [0.2, 0.25) is 0 Å². The third-order valence-corrected chi connectivity index (χ3v) is 3.57. The van der Waals surface area contributed by atoms with Gasteiger partial charge in [-0.15, -0.1) is 0 Å². The molecule has 0 saturated heterocycles. The third kappa shape index (κ3) is 4.05. The molecule has 0 spiro atoms. The lowest BCUT2D eigenvalue weighted by Crippen LogP contribution is -2.09. The molecule has 0 heterocycles. The molecule has 0 fully saturated rings. The first-order chi connectivity index (χ1) is 10.5. The number of hydrogen-bond acceptors (Lipinski definition) is 5. The third-order valence-electron chi connectivity index (χ3n) is 2.94. The number of hydrazone groups is 1. The second-order valence-corrected chi connectivity index (χ2v) is 5.63. The van der Waals surface area contributed by atoms with E-state index in [-0.39, 0.29) is 5.69 Å². The van der Waals surface area contributed by atoms with Crippen molar-refractivity contribution in [2.24, 2.45) is 5.10 Å². The fraction of sp³-hybridized carbons (Fsp3) is 0.133. The summed E-state index contributed by atoms with van der Waals surface area (Å²) >= 11 is 3.52. The predicted molar refractivity (Wildman–Crippen MR) is 92.8 cm³/mol. The van der Waals surface area contributed by atoms with E-state index in [1.54, 1.807) is 18.3 Å². The van der Waals surface area contributed by atoms with Crippen LogP contribution in [0.2, 0.25) is 0 Å². The molecule has 22 heavy (non-hydrogen) atoms. The Labute approximate surface area is 136 Å². The average Bonchev–Trinajstić information content (AvgIpc) is 2.47. The Morgan fingerprint density at radius 2 is 1.91 bits per heavy atom. The van der Waals surface area contributed by atoms with Crippen LogP contribution in [0.15, 0.2) is 52.0 Å². The summed E-state index contributed by atoms with van der Waals surface area (Å²) in [6.07, 6.45) is 1.69. The summed E-state index contributed by atoms with van der Waals surface area (Å²) in [6.45, 7) is 0. The summed E-state index contributed by atoms with van der Waals surface area (Å²) in [4.78, 5) is 12.1. The largest absolute Gasteiger partial charge is 0.377 e. The Morgan fingerprint density at radius 3 is 2.45 bits per heavy atom. The summed E-state index contributed by atoms with van der Waals surface area (Å²) < 4.78 is 0.983. The average molecular weight is 363 g/mol. The molecule has 0 aliphatic rings. The summed E-state index contributed by atoms with van der Waals surface area (Å²) in [6, 6.07) is 12.0. The van der Waals surface area contributed by atoms with E-state index in [0.29, 0.717) is 5.69 Å². The van der Waals surface area contributed by atoms with Crippen LogP contribution in [0.5, 0.6) is 0 Å². The zero-order valence-corrected chi connectivity index (χ0v) is 13.7. The number of nitrogens with one attached hydrogen (secondary N) is 1. The molecule has 2 rings (SSSR count). The molecule has 6 nitrogen and oxygen atoms in total. The lowest BCUT2D eigenvalue weighted by Gasteiger charge is -2.14. The van der Waals surface area contributed by atoms with Crippen molar-refractivity contribution in [1.29, 1.82) is 0 Å². The van der Waals surface area contributed by atoms with E-state index in [4.69, 9.17) is 0 Å². The zero-order valence-electron chi connectivity index (χ0n) is 12.2. The van der Waals surface area contributed by atoms with Crippen molar-refractivity contribution in [2.75, 3.05) is 24.4 Å². The maximum atomic E-state index is 10.6. The van der Waals surface area contributed by atoms with Crippen molar-refractivity contribution in [3.8, 4) is 0 Å². The smallest absolute Gasteiger partial charge is 0.269 e. The van der Waals surface area contributed by atoms with Crippen LogP contribution in [0, 0.1) is 10.1 Å². The predicted octanol–water partition coefficient (Wildman–Crippen LogP) is 3.87. The van der Waals surface area contributed by atoms with E-state index in [0.717, 1.165) is 15.7 Å². The van der Waals surface area contributed by atoms with Gasteiger partial charge in [-0.25, -0.2) is 0 Å². The second kappa shape index (κ2) is 7.04. The van der Waals surface area contributed by atoms with Crippen LogP contribution in [0.1, 0.15) is 5.56 Å². The highest BCUT2D eigenvalue weighted by Crippen LogP contribution is 2.25. The Bertz CT molecular complexity index is 699. The lowest BCUT2D eigenvalue weighted by atomic mass is 10.2. The van der Waals surface area contributed by atoms with Crippen LogP contribution in [0.3, 0.4) is 0 Å². The van der Waals surface area contributed by atoms with Gasteiger partial charge in [0.15, 0.2) is 0 Å². The molecule has 0 saturated carbocycles. The standard InChI is InChI=1S/C15H15BrN4O2/c1-19(2)15-8-3-11(9-14(15)16)10-17-18-12-4-6-13(7-5-12)20(21)22/h3-10,18H,1-2H3.